The number of carbonyl (C=O) groups is 1. The number of fused-ring (bicyclic) bond motifs is 5. The minimum absolute atomic E-state index is 0.0181. The highest BCUT2D eigenvalue weighted by Gasteiger charge is 2.24. The molecule has 4 aromatic rings. The third kappa shape index (κ3) is 2.43. The number of amides is 1. The smallest absolute Gasteiger partial charge is 0.263 e. The number of nitrogens with one attached hydrogen (secondary N) is 2. The molecule has 0 saturated carbocycles. The van der Waals surface area contributed by atoms with Crippen LogP contribution in [0.15, 0.2) is 43.2 Å². The Balaban J connectivity index is 1.74. The van der Waals surface area contributed by atoms with Crippen LogP contribution in [0, 0.1) is 0 Å². The second-order valence-corrected chi connectivity index (χ2v) is 7.65. The zero-order valence-corrected chi connectivity index (χ0v) is 15.5. The van der Waals surface area contributed by atoms with Crippen LogP contribution in [0.1, 0.15) is 22.4 Å². The Bertz CT molecular complexity index is 1220. The van der Waals surface area contributed by atoms with Crippen molar-refractivity contribution in [1.29, 1.82) is 0 Å². The molecule has 1 aliphatic heterocycles. The van der Waals surface area contributed by atoms with E-state index in [4.69, 9.17) is 4.98 Å². The van der Waals surface area contributed by atoms with Gasteiger partial charge in [-0.15, -0.1) is 11.3 Å². The molecule has 27 heavy (non-hydrogen) atoms. The van der Waals surface area contributed by atoms with Gasteiger partial charge < -0.3 is 10.6 Å². The number of carbonyl (C=O) groups excluding carboxylic acids is 1. The molecule has 0 unspecified atom stereocenters. The number of pyridine rings is 1. The molecule has 1 aliphatic rings. The summed E-state index contributed by atoms with van der Waals surface area (Å²) in [5.74, 6) is 1.52. The second kappa shape index (κ2) is 5.92. The summed E-state index contributed by atoms with van der Waals surface area (Å²) in [7, 11) is 0. The van der Waals surface area contributed by atoms with Crippen molar-refractivity contribution in [3.05, 3.63) is 53.9 Å². The summed E-state index contributed by atoms with van der Waals surface area (Å²) >= 11 is 1.52. The summed E-state index contributed by atoms with van der Waals surface area (Å²) in [6.07, 6.45) is 5.31. The van der Waals surface area contributed by atoms with Gasteiger partial charge in [-0.05, 0) is 37.3 Å². The largest absolute Gasteiger partial charge is 0.381 e. The minimum atomic E-state index is -0.0181. The molecule has 4 heterocycles. The molecule has 0 aliphatic carbocycles. The number of anilines is 1. The molecular weight excluding hydrogens is 358 g/mol. The summed E-state index contributed by atoms with van der Waals surface area (Å²) in [5, 5.41) is 8.56. The Morgan fingerprint density at radius 1 is 1.33 bits per heavy atom. The normalized spacial score (nSPS) is 16.6. The maximum Gasteiger partial charge on any atom is 0.263 e. The third-order valence-corrected chi connectivity index (χ3v) is 5.93. The molecule has 6 nitrogen and oxygen atoms in total. The van der Waals surface area contributed by atoms with Crippen LogP contribution in [0.5, 0.6) is 0 Å². The summed E-state index contributed by atoms with van der Waals surface area (Å²) in [4.78, 5) is 22.3. The summed E-state index contributed by atoms with van der Waals surface area (Å²) in [6, 6.07) is 8.16. The number of hydrogen-bond donors (Lipinski definition) is 2. The van der Waals surface area contributed by atoms with Crippen LogP contribution in [0.2, 0.25) is 0 Å². The maximum atomic E-state index is 12.5. The van der Waals surface area contributed by atoms with Gasteiger partial charge in [-0.2, -0.15) is 0 Å². The van der Waals surface area contributed by atoms with E-state index in [1.807, 2.05) is 35.9 Å². The van der Waals surface area contributed by atoms with Crippen molar-refractivity contribution in [2.45, 2.75) is 13.0 Å². The predicted molar refractivity (Wildman–Crippen MR) is 110 cm³/mol. The van der Waals surface area contributed by atoms with E-state index in [0.717, 1.165) is 43.2 Å². The lowest BCUT2D eigenvalue weighted by atomic mass is 10.1. The van der Waals surface area contributed by atoms with Gasteiger partial charge in [0.25, 0.3) is 5.91 Å². The van der Waals surface area contributed by atoms with Crippen LogP contribution in [-0.4, -0.2) is 33.0 Å². The Kier molecular flexibility index (Phi) is 3.51. The van der Waals surface area contributed by atoms with Crippen LogP contribution in [0.3, 0.4) is 0 Å². The maximum absolute atomic E-state index is 12.5. The predicted octanol–water partition coefficient (Wildman–Crippen LogP) is 3.82. The van der Waals surface area contributed by atoms with E-state index in [2.05, 4.69) is 28.3 Å². The lowest BCUT2D eigenvalue weighted by molar-refractivity contribution is 0.0949. The van der Waals surface area contributed by atoms with Gasteiger partial charge in [0.1, 0.15) is 16.5 Å². The minimum Gasteiger partial charge on any atom is -0.381 e. The van der Waals surface area contributed by atoms with E-state index in [0.29, 0.717) is 6.54 Å². The van der Waals surface area contributed by atoms with Crippen molar-refractivity contribution in [1.82, 2.24) is 19.9 Å². The van der Waals surface area contributed by atoms with E-state index in [1.54, 1.807) is 12.3 Å². The Morgan fingerprint density at radius 3 is 3.07 bits per heavy atom. The highest BCUT2D eigenvalue weighted by atomic mass is 32.1. The average Bonchev–Trinajstić information content (AvgIpc) is 3.27. The lowest BCUT2D eigenvalue weighted by Gasteiger charge is -2.10. The van der Waals surface area contributed by atoms with Gasteiger partial charge in [0.05, 0.1) is 11.2 Å². The van der Waals surface area contributed by atoms with Crippen molar-refractivity contribution in [3.8, 4) is 5.82 Å². The molecule has 1 aromatic carbocycles. The van der Waals surface area contributed by atoms with Gasteiger partial charge in [0.15, 0.2) is 0 Å². The molecule has 0 saturated heterocycles. The zero-order chi connectivity index (χ0) is 18.5. The van der Waals surface area contributed by atoms with Crippen molar-refractivity contribution in [3.63, 3.8) is 0 Å². The van der Waals surface area contributed by atoms with Crippen LogP contribution in [-0.2, 0) is 0 Å². The molecule has 1 amide bonds. The standard InChI is InChI=1S/C20H17N5OS/c1-3-15-21-8-9-25(15)16-7-4-12-13(24-16)5-6-14-17(12)18-19(27-14)20(26)23-11(2)10-22-18/h3-9,11,22H,1,10H2,2H3,(H,23,26)/t11-/m1/s1. The molecule has 5 rings (SSSR count). The van der Waals surface area contributed by atoms with Crippen molar-refractivity contribution in [2.24, 2.45) is 0 Å². The van der Waals surface area contributed by atoms with E-state index in [9.17, 15) is 4.79 Å². The number of benzene rings is 1. The fourth-order valence-electron chi connectivity index (χ4n) is 3.51. The van der Waals surface area contributed by atoms with Gasteiger partial charge in [-0.25, -0.2) is 9.97 Å². The van der Waals surface area contributed by atoms with Gasteiger partial charge in [-0.3, -0.25) is 9.36 Å². The lowest BCUT2D eigenvalue weighted by Crippen LogP contribution is -2.34. The third-order valence-electron chi connectivity index (χ3n) is 4.77. The second-order valence-electron chi connectivity index (χ2n) is 6.60. The molecule has 0 radical (unpaired) electrons. The molecule has 7 heteroatoms. The average molecular weight is 375 g/mol. The Labute approximate surface area is 159 Å². The van der Waals surface area contributed by atoms with E-state index < -0.39 is 0 Å². The number of rotatable bonds is 2. The number of nitrogens with zero attached hydrogens (tertiary/aromatic N) is 3. The van der Waals surface area contributed by atoms with Gasteiger partial charge in [0, 0.05) is 40.5 Å². The summed E-state index contributed by atoms with van der Waals surface area (Å²) in [6.45, 7) is 6.50. The topological polar surface area (TPSA) is 71.8 Å². The quantitative estimate of drug-likeness (QED) is 0.559. The van der Waals surface area contributed by atoms with Crippen LogP contribution in [0.25, 0.3) is 32.9 Å². The molecule has 0 fully saturated rings. The van der Waals surface area contributed by atoms with Crippen LogP contribution >= 0.6 is 11.3 Å². The van der Waals surface area contributed by atoms with Gasteiger partial charge in [0.2, 0.25) is 0 Å². The molecular formula is C20H17N5OS. The first-order valence-electron chi connectivity index (χ1n) is 8.73. The Morgan fingerprint density at radius 2 is 2.22 bits per heavy atom. The summed E-state index contributed by atoms with van der Waals surface area (Å²) < 4.78 is 2.98. The molecule has 3 aromatic heterocycles. The van der Waals surface area contributed by atoms with Crippen molar-refractivity contribution in [2.75, 3.05) is 11.9 Å². The number of hydrogen-bond acceptors (Lipinski definition) is 5. The van der Waals surface area contributed by atoms with Gasteiger partial charge >= 0.3 is 0 Å². The number of thiophene rings is 1. The van der Waals surface area contributed by atoms with E-state index >= 15 is 0 Å². The van der Waals surface area contributed by atoms with Crippen LogP contribution < -0.4 is 10.6 Å². The molecule has 0 spiro atoms. The molecule has 0 bridgehead atoms. The number of imidazole rings is 1. The fraction of sp³-hybridized carbons (Fsp3) is 0.150. The SMILES string of the molecule is C=Cc1nccn1-c1ccc2c(ccc3sc4c(c32)NC[C@@H](C)NC4=O)n1. The molecule has 2 N–H and O–H groups in total. The monoisotopic (exact) mass is 375 g/mol. The van der Waals surface area contributed by atoms with Crippen LogP contribution in [0.4, 0.5) is 5.69 Å². The van der Waals surface area contributed by atoms with E-state index in [-0.39, 0.29) is 11.9 Å². The van der Waals surface area contributed by atoms with Crippen molar-refractivity contribution < 1.29 is 4.79 Å². The first-order valence-corrected chi connectivity index (χ1v) is 9.54. The molecule has 134 valence electrons. The Hall–Kier alpha value is -3.19. The van der Waals surface area contributed by atoms with E-state index in [1.165, 1.54) is 11.3 Å². The number of aromatic nitrogens is 3. The fourth-order valence-corrected chi connectivity index (χ4v) is 4.61. The first-order chi connectivity index (χ1) is 13.2. The first kappa shape index (κ1) is 16.0. The highest BCUT2D eigenvalue weighted by Crippen LogP contribution is 2.40. The highest BCUT2D eigenvalue weighted by molar-refractivity contribution is 7.21. The summed E-state index contributed by atoms with van der Waals surface area (Å²) in [5.41, 5.74) is 1.79. The van der Waals surface area contributed by atoms with Crippen molar-refractivity contribution >= 4 is 50.0 Å². The van der Waals surface area contributed by atoms with Gasteiger partial charge in [-0.1, -0.05) is 6.58 Å². The molecule has 1 atom stereocenters. The zero-order valence-electron chi connectivity index (χ0n) is 14.7.